The molecule has 0 spiro atoms. The molecule has 0 aliphatic heterocycles. The molecule has 2 aliphatic carbocycles. The summed E-state index contributed by atoms with van der Waals surface area (Å²) < 4.78 is 271. The van der Waals surface area contributed by atoms with Gasteiger partial charge in [-0.25, -0.2) is 22.8 Å². The van der Waals surface area contributed by atoms with Gasteiger partial charge in [-0.3, -0.25) is 0 Å². The van der Waals surface area contributed by atoms with E-state index in [9.17, 15) is 0 Å². The summed E-state index contributed by atoms with van der Waals surface area (Å²) in [6.45, 7) is 17.7. The zero-order valence-corrected chi connectivity index (χ0v) is 85.6. The van der Waals surface area contributed by atoms with Gasteiger partial charge in [-0.05, 0) is 383 Å². The second kappa shape index (κ2) is 44.0. The van der Waals surface area contributed by atoms with Crippen molar-refractivity contribution in [1.29, 1.82) is 0 Å². The van der Waals surface area contributed by atoms with Gasteiger partial charge in [-0.1, -0.05) is 252 Å². The van der Waals surface area contributed by atoms with E-state index in [-0.39, 0.29) is 22.3 Å². The Kier molecular flexibility index (Phi) is 21.7. The summed E-state index contributed by atoms with van der Waals surface area (Å²) in [6, 6.07) is 70.3. The van der Waals surface area contributed by atoms with E-state index >= 15 is 0 Å². The van der Waals surface area contributed by atoms with E-state index in [1.54, 1.807) is 121 Å². The minimum atomic E-state index is -2.41. The first-order valence-corrected chi connectivity index (χ1v) is 48.2. The predicted octanol–water partition coefficient (Wildman–Crippen LogP) is 32.9. The summed E-state index contributed by atoms with van der Waals surface area (Å²) in [4.78, 5) is 0. The molecular weight excluding hydrogens is 1670 g/mol. The minimum absolute atomic E-state index is 0.152. The van der Waals surface area contributed by atoms with Crippen LogP contribution < -0.4 is 22.8 Å². The highest BCUT2D eigenvalue weighted by Crippen LogP contribution is 2.44. The summed E-state index contributed by atoms with van der Waals surface area (Å²) in [7, 11) is 9.12. The average molecular weight is 1860 g/mol. The summed E-state index contributed by atoms with van der Waals surface area (Å²) in [5.74, 6) is -1.18. The molecule has 0 radical (unpaired) electrons. The predicted molar refractivity (Wildman–Crippen MR) is 590 cm³/mol. The Morgan fingerprint density at radius 3 is 0.841 bits per heavy atom. The van der Waals surface area contributed by atoms with Crippen LogP contribution >= 0.6 is 0 Å². The van der Waals surface area contributed by atoms with E-state index in [4.69, 9.17) is 43.9 Å². The molecule has 714 valence electrons. The largest absolute Gasteiger partial charge is 0.212 e. The number of hydrogen-bond donors (Lipinski definition) is 0. The van der Waals surface area contributed by atoms with Crippen LogP contribution in [0.15, 0.2) is 255 Å². The van der Waals surface area contributed by atoms with Crippen molar-refractivity contribution in [3.8, 4) is 112 Å². The van der Waals surface area contributed by atoms with E-state index in [1.165, 1.54) is 0 Å². The fraction of sp³-hybridized carbons (Fsp3) is 0.361. The van der Waals surface area contributed by atoms with E-state index in [1.807, 2.05) is 312 Å². The van der Waals surface area contributed by atoms with Gasteiger partial charge in [-0.2, -0.15) is 0 Å². The van der Waals surface area contributed by atoms with Gasteiger partial charge >= 0.3 is 0 Å². The number of aryl methyl sites for hydroxylation is 23. The highest BCUT2D eigenvalue weighted by Gasteiger charge is 2.28. The molecule has 0 bridgehead atoms. The van der Waals surface area contributed by atoms with Crippen molar-refractivity contribution in [2.45, 2.75) is 269 Å². The van der Waals surface area contributed by atoms with Crippen molar-refractivity contribution in [3.63, 3.8) is 0 Å². The minimum Gasteiger partial charge on any atom is -0.201 e. The Labute approximate surface area is 878 Å². The highest BCUT2D eigenvalue weighted by atomic mass is 14.9. The molecule has 0 saturated heterocycles. The van der Waals surface area contributed by atoms with E-state index in [0.717, 1.165) is 191 Å². The van der Waals surface area contributed by atoms with Crippen LogP contribution in [0.2, 0.25) is 0 Å². The Morgan fingerprint density at radius 1 is 0.232 bits per heavy atom. The van der Waals surface area contributed by atoms with Crippen molar-refractivity contribution in [1.82, 2.24) is 0 Å². The molecule has 0 atom stereocenters. The molecule has 15 aromatic rings. The number of pyridine rings is 5. The maximum Gasteiger partial charge on any atom is 0.212 e. The summed E-state index contributed by atoms with van der Waals surface area (Å²) in [6.07, 6.45) is 11.0. The van der Waals surface area contributed by atoms with Crippen molar-refractivity contribution >= 4 is 0 Å². The van der Waals surface area contributed by atoms with Crippen LogP contribution in [0.3, 0.4) is 0 Å². The molecule has 5 heteroatoms. The Hall–Kier alpha value is -12.1. The Balaban J connectivity index is 0.000000174. The number of nitrogens with zero attached hydrogens (tertiary/aromatic N) is 5. The van der Waals surface area contributed by atoms with Gasteiger partial charge in [-0.15, -0.1) is 0 Å². The lowest BCUT2D eigenvalue weighted by atomic mass is 9.83. The fourth-order valence-electron chi connectivity index (χ4n) is 18.6. The van der Waals surface area contributed by atoms with Crippen LogP contribution in [0.5, 0.6) is 0 Å². The quantitative estimate of drug-likeness (QED) is 0.0912. The third kappa shape index (κ3) is 25.3. The number of benzene rings is 10. The fourth-order valence-corrected chi connectivity index (χ4v) is 18.6. The zero-order chi connectivity index (χ0) is 127. The van der Waals surface area contributed by atoms with Crippen LogP contribution in [0.1, 0.15) is 297 Å². The molecule has 17 rings (SSSR count). The molecule has 5 nitrogen and oxygen atoms in total. The zero-order valence-electron chi connectivity index (χ0n) is 118. The monoisotopic (exact) mass is 1860 g/mol. The van der Waals surface area contributed by atoms with Gasteiger partial charge in [0.15, 0.2) is 31.0 Å². The second-order valence-corrected chi connectivity index (χ2v) is 41.1. The van der Waals surface area contributed by atoms with Crippen LogP contribution in [-0.2, 0) is 54.4 Å². The first-order valence-electron chi connectivity index (χ1n) is 64.2. The van der Waals surface area contributed by atoms with Crippen LogP contribution in [0.4, 0.5) is 0 Å². The Bertz CT molecular complexity index is 8180. The maximum atomic E-state index is 8.93. The molecule has 0 N–H and O–H groups in total. The van der Waals surface area contributed by atoms with Crippen molar-refractivity contribution in [2.24, 2.45) is 51.5 Å². The second-order valence-electron chi connectivity index (χ2n) is 41.1. The lowest BCUT2D eigenvalue weighted by molar-refractivity contribution is -0.660. The van der Waals surface area contributed by atoms with Crippen LogP contribution in [0.25, 0.3) is 112 Å². The molecule has 0 amide bonds. The van der Waals surface area contributed by atoms with Crippen molar-refractivity contribution in [3.05, 3.63) is 383 Å². The van der Waals surface area contributed by atoms with Gasteiger partial charge in [0.2, 0.25) is 28.5 Å². The first kappa shape index (κ1) is 68.1. The molecule has 5 heterocycles. The summed E-state index contributed by atoms with van der Waals surface area (Å²) >= 11 is 0. The van der Waals surface area contributed by atoms with Crippen molar-refractivity contribution < 1.29 is 66.7 Å². The number of aromatic nitrogens is 5. The molecule has 2 fully saturated rings. The molecule has 138 heavy (non-hydrogen) atoms. The number of hydrogen-bond acceptors (Lipinski definition) is 0. The Morgan fingerprint density at radius 2 is 0.507 bits per heavy atom. The SMILES string of the molecule is [2H]C([2H])([2H])c1c[n+](C)c(-c2cc(-c3ccc(C4([2H])CCCC4)cc3)c(C([2H])([2H])[2H])cc2C)cc1C.[2H]C([2H])([2H])c1c[n+](C)c(-c2cc(-c3cccc(C4([2H])CCCC4)c3)c(C([2H])([2H])[2H])cc2C)cc1C.[2H]C([2H])([2H])c1c[n+](C)c(-c2cc(-c3ccccc3C([2H])([2H])C(C)(C)C)c(C([2H])([2H])[2H])cc2C)cc1C.[2H]C([2H])([2H])c1c[n+](C)c(-c2cc(-c3ccccc3C([2H])([2H])C(C)(C)C)ccc2C)cc1C.[2H]C([2H])([2H])c1c[n+](C)c(-c2cc(-c3ccccc3C([2H])([2H])C(C)(C)C)ccc2C)cc1C. The highest BCUT2D eigenvalue weighted by molar-refractivity contribution is 5.82. The van der Waals surface area contributed by atoms with Gasteiger partial charge in [0, 0.05) is 130 Å². The molecule has 2 aliphatic rings. The number of rotatable bonds is 15. The van der Waals surface area contributed by atoms with E-state index in [2.05, 4.69) is 12.1 Å². The van der Waals surface area contributed by atoms with E-state index < -0.39 is 102 Å². The van der Waals surface area contributed by atoms with Gasteiger partial charge in [0.1, 0.15) is 35.2 Å². The normalized spacial score (nSPS) is 17.8. The third-order valence-electron chi connectivity index (χ3n) is 26.2. The summed E-state index contributed by atoms with van der Waals surface area (Å²) in [5, 5.41) is 0. The van der Waals surface area contributed by atoms with Gasteiger partial charge in [0.05, 0.1) is 0 Å². The third-order valence-corrected chi connectivity index (χ3v) is 26.2. The standard InChI is InChI=1S/2C27H32N.C27H34N.2C26H32N/c1-18-14-27(28(5)17-21(18)4)26-16-25(19(2)13-20(26)3)24-12-8-11-23(15-24)22-9-6-7-10-22;1-18-15-27(28(5)17-21(18)4)26-16-25(19(2)14-20(26)3)24-12-10-23(11-13-24)22-8-6-7-9-22;1-18-14-26(28(8)17-21(18)4)25-15-24(19(2)13-20(25)3)23-12-10-9-11-22(23)16-27(5,6)7;2*1-18-12-13-21(23-11-9-8-10-22(23)16-26(4,5)6)15-24(18)25-14-19(2)20(3)17-27(25)7/h8,11-17,22H,6-7,9-10H2,1-5H3;10-17,22H,6-9H2,1-5H3;9-15,17H,16H2,1-8H3;2*8-15,17H,16H2,1-7H3/q5*+1/i2*2D3,4D3,22D;2D3,4D3,16D2;2*3D3,16D2. The maximum absolute atomic E-state index is 8.93. The van der Waals surface area contributed by atoms with Crippen LogP contribution in [0, 0.1) is 140 Å². The molecule has 2 saturated carbocycles. The molecular formula is C133H162N5+5. The van der Waals surface area contributed by atoms with Gasteiger partial charge in [0.25, 0.3) is 0 Å². The van der Waals surface area contributed by atoms with E-state index in [0.29, 0.717) is 77.9 Å². The smallest absolute Gasteiger partial charge is 0.201 e. The van der Waals surface area contributed by atoms with Crippen molar-refractivity contribution in [2.75, 3.05) is 0 Å². The van der Waals surface area contributed by atoms with Gasteiger partial charge < -0.3 is 0 Å². The molecule has 10 aromatic carbocycles. The first-order chi connectivity index (χ1) is 78.0. The molecule has 5 aromatic heterocycles. The molecule has 0 unspecified atom stereocenters. The van der Waals surface area contributed by atoms with Crippen LogP contribution in [-0.4, -0.2) is 0 Å². The topological polar surface area (TPSA) is 19.4 Å². The lowest BCUT2D eigenvalue weighted by Gasteiger charge is -2.22. The average Bonchev–Trinajstić information content (AvgIpc) is 0.907. The lowest BCUT2D eigenvalue weighted by Crippen LogP contribution is -2.31. The summed E-state index contributed by atoms with van der Waals surface area (Å²) in [5.41, 5.74) is 28.0.